The predicted molar refractivity (Wildman–Crippen MR) is 69.7 cm³/mol. The van der Waals surface area contributed by atoms with Crippen LogP contribution in [0.1, 0.15) is 69.1 Å². The van der Waals surface area contributed by atoms with E-state index in [9.17, 15) is 0 Å². The fraction of sp³-hybridized carbons (Fsp3) is 0.714. The molecule has 1 aliphatic carbocycles. The van der Waals surface area contributed by atoms with E-state index in [2.05, 4.69) is 23.0 Å². The molecule has 3 atom stereocenters. The van der Waals surface area contributed by atoms with Crippen molar-refractivity contribution >= 4 is 0 Å². The number of nitrogens with zero attached hydrogens (tertiary/aromatic N) is 2. The highest BCUT2D eigenvalue weighted by Crippen LogP contribution is 2.36. The van der Waals surface area contributed by atoms with Gasteiger partial charge in [0.25, 0.3) is 0 Å². The second kappa shape index (κ2) is 6.01. The molecule has 0 saturated heterocycles. The van der Waals surface area contributed by atoms with Gasteiger partial charge < -0.3 is 10.3 Å². The molecule has 0 aliphatic heterocycles. The van der Waals surface area contributed by atoms with Crippen LogP contribution < -0.4 is 5.73 Å². The summed E-state index contributed by atoms with van der Waals surface area (Å²) in [6.45, 7) is 2.25. The monoisotopic (exact) mass is 247 g/mol. The average molecular weight is 247 g/mol. The summed E-state index contributed by atoms with van der Waals surface area (Å²) in [5.41, 5.74) is 5.86. The molecule has 1 saturated carbocycles. The van der Waals surface area contributed by atoms with Crippen molar-refractivity contribution in [1.29, 1.82) is 0 Å². The first-order valence-corrected chi connectivity index (χ1v) is 6.77. The fourth-order valence-electron chi connectivity index (χ4n) is 2.67. The summed E-state index contributed by atoms with van der Waals surface area (Å²) in [5, 5.41) is 4.08. The number of hydrogen-bond donors (Lipinski definition) is 1. The van der Waals surface area contributed by atoms with Crippen LogP contribution in [0.3, 0.4) is 0 Å². The van der Waals surface area contributed by atoms with Crippen molar-refractivity contribution in [2.75, 3.05) is 0 Å². The smallest absolute Gasteiger partial charge is 0.244 e. The van der Waals surface area contributed by atoms with Gasteiger partial charge in [0.05, 0.1) is 6.04 Å². The van der Waals surface area contributed by atoms with Crippen LogP contribution in [-0.4, -0.2) is 10.1 Å². The number of rotatable bonds is 4. The van der Waals surface area contributed by atoms with Gasteiger partial charge in [-0.1, -0.05) is 31.3 Å². The van der Waals surface area contributed by atoms with Crippen molar-refractivity contribution in [3.05, 3.63) is 11.7 Å². The van der Waals surface area contributed by atoms with Gasteiger partial charge in [-0.3, -0.25) is 0 Å². The van der Waals surface area contributed by atoms with Gasteiger partial charge in [-0.2, -0.15) is 4.98 Å². The largest absolute Gasteiger partial charge is 0.338 e. The van der Waals surface area contributed by atoms with Crippen LogP contribution in [0, 0.1) is 18.3 Å². The summed E-state index contributed by atoms with van der Waals surface area (Å²) in [5.74, 6) is 5.03. The van der Waals surface area contributed by atoms with E-state index in [1.807, 2.05) is 0 Å². The molecule has 0 aromatic carbocycles. The zero-order valence-corrected chi connectivity index (χ0v) is 10.9. The molecule has 1 aromatic rings. The number of aromatic nitrogens is 2. The maximum absolute atomic E-state index is 5.86. The quantitative estimate of drug-likeness (QED) is 0.831. The predicted octanol–water partition coefficient (Wildman–Crippen LogP) is 2.78. The Labute approximate surface area is 108 Å². The molecule has 2 N–H and O–H groups in total. The van der Waals surface area contributed by atoms with Gasteiger partial charge in [-0.25, -0.2) is 0 Å². The minimum absolute atomic E-state index is 0.332. The van der Waals surface area contributed by atoms with E-state index < -0.39 is 0 Å². The normalized spacial score (nSPS) is 25.6. The zero-order chi connectivity index (χ0) is 13.0. The van der Waals surface area contributed by atoms with Crippen molar-refractivity contribution < 1.29 is 4.52 Å². The molecule has 3 unspecified atom stereocenters. The van der Waals surface area contributed by atoms with E-state index in [0.717, 1.165) is 18.2 Å². The van der Waals surface area contributed by atoms with Gasteiger partial charge in [0.2, 0.25) is 5.89 Å². The summed E-state index contributed by atoms with van der Waals surface area (Å²) in [6.07, 6.45) is 11.8. The Hall–Kier alpha value is -1.34. The van der Waals surface area contributed by atoms with Gasteiger partial charge in [0.1, 0.15) is 0 Å². The summed E-state index contributed by atoms with van der Waals surface area (Å²) < 4.78 is 5.22. The van der Waals surface area contributed by atoms with Crippen LogP contribution >= 0.6 is 0 Å². The topological polar surface area (TPSA) is 64.9 Å². The second-order valence-corrected chi connectivity index (χ2v) is 5.14. The summed E-state index contributed by atoms with van der Waals surface area (Å²) >= 11 is 0. The molecule has 1 aliphatic rings. The number of terminal acetylenes is 1. The van der Waals surface area contributed by atoms with Crippen LogP contribution in [0.15, 0.2) is 4.52 Å². The summed E-state index contributed by atoms with van der Waals surface area (Å²) in [4.78, 5) is 4.42. The Balaban J connectivity index is 2.03. The molecule has 0 radical (unpaired) electrons. The number of hydrogen-bond acceptors (Lipinski definition) is 4. The van der Waals surface area contributed by atoms with Crippen LogP contribution in [0.2, 0.25) is 0 Å². The van der Waals surface area contributed by atoms with E-state index in [-0.39, 0.29) is 6.04 Å². The molecule has 0 bridgehead atoms. The molecule has 4 nitrogen and oxygen atoms in total. The molecule has 18 heavy (non-hydrogen) atoms. The standard InChI is InChI=1S/C14H21N3O/c1-3-6-12(15)14-16-13(17-18-14)11-8-5-7-10(4-2)9-11/h1,10-12H,4-9,15H2,2H3. The molecule has 4 heteroatoms. The lowest BCUT2D eigenvalue weighted by atomic mass is 9.80. The van der Waals surface area contributed by atoms with Crippen molar-refractivity contribution in [3.8, 4) is 12.3 Å². The lowest BCUT2D eigenvalue weighted by Gasteiger charge is -2.26. The minimum atomic E-state index is -0.332. The van der Waals surface area contributed by atoms with E-state index >= 15 is 0 Å². The molecular formula is C14H21N3O. The Morgan fingerprint density at radius 1 is 1.56 bits per heavy atom. The SMILES string of the molecule is C#CCC(N)c1nc(C2CCCC(CC)C2)no1. The highest BCUT2D eigenvalue weighted by atomic mass is 16.5. The minimum Gasteiger partial charge on any atom is -0.338 e. The maximum atomic E-state index is 5.86. The second-order valence-electron chi connectivity index (χ2n) is 5.14. The maximum Gasteiger partial charge on any atom is 0.244 e. The van der Waals surface area contributed by atoms with Crippen molar-refractivity contribution in [1.82, 2.24) is 10.1 Å². The molecule has 1 aromatic heterocycles. The first-order valence-electron chi connectivity index (χ1n) is 6.77. The van der Waals surface area contributed by atoms with Gasteiger partial charge >= 0.3 is 0 Å². The van der Waals surface area contributed by atoms with Gasteiger partial charge in [0.15, 0.2) is 5.82 Å². The van der Waals surface area contributed by atoms with Crippen molar-refractivity contribution in [2.24, 2.45) is 11.7 Å². The third-order valence-corrected chi connectivity index (χ3v) is 3.84. The molecule has 2 rings (SSSR count). The fourth-order valence-corrected chi connectivity index (χ4v) is 2.67. The Kier molecular flexibility index (Phi) is 4.38. The van der Waals surface area contributed by atoms with E-state index in [4.69, 9.17) is 16.7 Å². The first kappa shape index (κ1) is 13.1. The van der Waals surface area contributed by atoms with E-state index in [1.165, 1.54) is 25.7 Å². The van der Waals surface area contributed by atoms with E-state index in [0.29, 0.717) is 18.2 Å². The number of nitrogens with two attached hydrogens (primary N) is 1. The average Bonchev–Trinajstić information content (AvgIpc) is 2.89. The van der Waals surface area contributed by atoms with Crippen molar-refractivity contribution in [3.63, 3.8) is 0 Å². The summed E-state index contributed by atoms with van der Waals surface area (Å²) in [7, 11) is 0. The highest BCUT2D eigenvalue weighted by Gasteiger charge is 2.26. The Bertz CT molecular complexity index is 421. The molecule has 98 valence electrons. The van der Waals surface area contributed by atoms with Gasteiger partial charge in [-0.05, 0) is 18.8 Å². The lowest BCUT2D eigenvalue weighted by molar-refractivity contribution is 0.296. The highest BCUT2D eigenvalue weighted by molar-refractivity contribution is 5.02. The third-order valence-electron chi connectivity index (χ3n) is 3.84. The molecule has 0 spiro atoms. The van der Waals surface area contributed by atoms with Crippen molar-refractivity contribution in [2.45, 2.75) is 57.4 Å². The summed E-state index contributed by atoms with van der Waals surface area (Å²) in [6, 6.07) is -0.332. The molecule has 1 heterocycles. The van der Waals surface area contributed by atoms with Crippen LogP contribution in [-0.2, 0) is 0 Å². The van der Waals surface area contributed by atoms with Crippen LogP contribution in [0.25, 0.3) is 0 Å². The van der Waals surface area contributed by atoms with Gasteiger partial charge in [0, 0.05) is 12.3 Å². The van der Waals surface area contributed by atoms with Gasteiger partial charge in [-0.15, -0.1) is 12.3 Å². The Morgan fingerprint density at radius 2 is 2.39 bits per heavy atom. The zero-order valence-electron chi connectivity index (χ0n) is 10.9. The van der Waals surface area contributed by atoms with Crippen LogP contribution in [0.4, 0.5) is 0 Å². The molecular weight excluding hydrogens is 226 g/mol. The Morgan fingerprint density at radius 3 is 3.11 bits per heavy atom. The molecule has 0 amide bonds. The van der Waals surface area contributed by atoms with E-state index in [1.54, 1.807) is 0 Å². The van der Waals surface area contributed by atoms with Crippen LogP contribution in [0.5, 0.6) is 0 Å². The molecule has 1 fully saturated rings. The third kappa shape index (κ3) is 2.91. The first-order chi connectivity index (χ1) is 8.74. The lowest BCUT2D eigenvalue weighted by Crippen LogP contribution is -2.15.